The fourth-order valence-corrected chi connectivity index (χ4v) is 3.43. The van der Waals surface area contributed by atoms with Crippen LogP contribution in [0.5, 0.6) is 0 Å². The normalized spacial score (nSPS) is 13.4. The van der Waals surface area contributed by atoms with Crippen LogP contribution in [-0.2, 0) is 24.5 Å². The van der Waals surface area contributed by atoms with E-state index in [1.54, 1.807) is 28.4 Å². The summed E-state index contributed by atoms with van der Waals surface area (Å²) in [6.07, 6.45) is 11.0. The van der Waals surface area contributed by atoms with Crippen LogP contribution in [0.4, 0.5) is 0 Å². The van der Waals surface area contributed by atoms with Crippen LogP contribution in [0.25, 0.3) is 0 Å². The first-order valence-electron chi connectivity index (χ1n) is 10.4. The highest BCUT2D eigenvalue weighted by molar-refractivity contribution is 5.25. The summed E-state index contributed by atoms with van der Waals surface area (Å²) >= 11 is 0. The molecule has 0 fully saturated rings. The lowest BCUT2D eigenvalue weighted by atomic mass is 9.85. The van der Waals surface area contributed by atoms with Crippen molar-refractivity contribution in [1.29, 1.82) is 0 Å². The SMILES string of the molecule is C=CCC.CCCCCCCCC(OC)(c1ccccc1)C(OC)(OC)OC. The van der Waals surface area contributed by atoms with Crippen LogP contribution in [0.15, 0.2) is 43.0 Å². The topological polar surface area (TPSA) is 36.9 Å². The van der Waals surface area contributed by atoms with Gasteiger partial charge >= 0.3 is 5.97 Å². The highest BCUT2D eigenvalue weighted by atomic mass is 16.9. The van der Waals surface area contributed by atoms with Gasteiger partial charge in [0.2, 0.25) is 0 Å². The van der Waals surface area contributed by atoms with Gasteiger partial charge in [-0.2, -0.15) is 0 Å². The second-order valence-electron chi connectivity index (χ2n) is 6.78. The Morgan fingerprint density at radius 1 is 0.786 bits per heavy atom. The summed E-state index contributed by atoms with van der Waals surface area (Å²) in [5, 5.41) is 0. The molecule has 1 rings (SSSR count). The Bertz CT molecular complexity index is 476. The zero-order valence-electron chi connectivity index (χ0n) is 19.0. The van der Waals surface area contributed by atoms with E-state index in [1.165, 1.54) is 25.7 Å². The number of unbranched alkanes of at least 4 members (excludes halogenated alkanes) is 5. The molecule has 0 N–H and O–H groups in total. The van der Waals surface area contributed by atoms with Crippen molar-refractivity contribution in [3.05, 3.63) is 48.6 Å². The summed E-state index contributed by atoms with van der Waals surface area (Å²) in [7, 11) is 6.46. The molecule has 4 heteroatoms. The largest absolute Gasteiger partial charge is 0.365 e. The molecule has 0 heterocycles. The van der Waals surface area contributed by atoms with Gasteiger partial charge in [-0.15, -0.1) is 6.58 Å². The third-order valence-electron chi connectivity index (χ3n) is 5.06. The monoisotopic (exact) mass is 394 g/mol. The number of allylic oxidation sites excluding steroid dienone is 1. The van der Waals surface area contributed by atoms with Gasteiger partial charge in [0.15, 0.2) is 5.60 Å². The van der Waals surface area contributed by atoms with Crippen molar-refractivity contribution in [3.63, 3.8) is 0 Å². The molecule has 0 aliphatic heterocycles. The molecule has 0 amide bonds. The molecule has 0 aliphatic rings. The van der Waals surface area contributed by atoms with Crippen LogP contribution in [0.1, 0.15) is 70.8 Å². The Kier molecular flexibility index (Phi) is 15.0. The van der Waals surface area contributed by atoms with E-state index >= 15 is 0 Å². The van der Waals surface area contributed by atoms with Crippen molar-refractivity contribution in [2.24, 2.45) is 0 Å². The summed E-state index contributed by atoms with van der Waals surface area (Å²) in [6.45, 7) is 7.77. The van der Waals surface area contributed by atoms with E-state index in [4.69, 9.17) is 18.9 Å². The standard InChI is InChI=1S/C20H34O4.C4H8/c1-6-7-8-9-10-14-17-19(21-2,18-15-12-11-13-16-18)20(22-3,23-4)24-5;1-3-4-2/h11-13,15-16H,6-10,14,17H2,1-5H3;3H,1,4H2,2H3. The van der Waals surface area contributed by atoms with Crippen molar-refractivity contribution in [2.75, 3.05) is 28.4 Å². The van der Waals surface area contributed by atoms with Gasteiger partial charge < -0.3 is 18.9 Å². The van der Waals surface area contributed by atoms with Gasteiger partial charge in [-0.05, 0) is 24.8 Å². The van der Waals surface area contributed by atoms with Gasteiger partial charge in [-0.1, -0.05) is 82.4 Å². The highest BCUT2D eigenvalue weighted by Crippen LogP contribution is 2.44. The smallest absolute Gasteiger partial charge is 0.317 e. The molecule has 1 aromatic rings. The lowest BCUT2D eigenvalue weighted by Crippen LogP contribution is -2.57. The van der Waals surface area contributed by atoms with Gasteiger partial charge in [-0.3, -0.25) is 0 Å². The van der Waals surface area contributed by atoms with E-state index < -0.39 is 11.6 Å². The summed E-state index contributed by atoms with van der Waals surface area (Å²) in [6, 6.07) is 10.0. The average Bonchev–Trinajstić information content (AvgIpc) is 2.76. The zero-order valence-corrected chi connectivity index (χ0v) is 19.0. The minimum absolute atomic E-state index is 0.759. The summed E-state index contributed by atoms with van der Waals surface area (Å²) < 4.78 is 23.0. The quantitative estimate of drug-likeness (QED) is 0.206. The molecule has 0 aromatic heterocycles. The molecule has 162 valence electrons. The molecule has 0 spiro atoms. The Morgan fingerprint density at radius 2 is 1.29 bits per heavy atom. The van der Waals surface area contributed by atoms with Gasteiger partial charge in [-0.25, -0.2) is 0 Å². The molecule has 0 aliphatic carbocycles. The first-order valence-corrected chi connectivity index (χ1v) is 10.4. The Labute approximate surface area is 173 Å². The Morgan fingerprint density at radius 3 is 1.71 bits per heavy atom. The lowest BCUT2D eigenvalue weighted by Gasteiger charge is -2.46. The molecule has 4 nitrogen and oxygen atoms in total. The second kappa shape index (κ2) is 15.7. The minimum Gasteiger partial charge on any atom is -0.365 e. The second-order valence-corrected chi connectivity index (χ2v) is 6.78. The molecule has 28 heavy (non-hydrogen) atoms. The van der Waals surface area contributed by atoms with E-state index in [0.717, 1.165) is 31.2 Å². The Balaban J connectivity index is 0.00000165. The first kappa shape index (κ1) is 26.8. The molecule has 0 bridgehead atoms. The minimum atomic E-state index is -1.29. The summed E-state index contributed by atoms with van der Waals surface area (Å²) in [4.78, 5) is 0. The predicted molar refractivity (Wildman–Crippen MR) is 117 cm³/mol. The molecule has 1 unspecified atom stereocenters. The third kappa shape index (κ3) is 7.32. The number of benzene rings is 1. The maximum Gasteiger partial charge on any atom is 0.317 e. The lowest BCUT2D eigenvalue weighted by molar-refractivity contribution is -0.430. The maximum atomic E-state index is 6.01. The molecular formula is C24H42O4. The van der Waals surface area contributed by atoms with Crippen LogP contribution in [0.3, 0.4) is 0 Å². The van der Waals surface area contributed by atoms with Crippen LogP contribution in [-0.4, -0.2) is 34.4 Å². The number of ether oxygens (including phenoxy) is 4. The fourth-order valence-electron chi connectivity index (χ4n) is 3.43. The van der Waals surface area contributed by atoms with Gasteiger partial charge in [0.25, 0.3) is 0 Å². The maximum absolute atomic E-state index is 6.01. The van der Waals surface area contributed by atoms with Crippen LogP contribution >= 0.6 is 0 Å². The van der Waals surface area contributed by atoms with E-state index in [1.807, 2.05) is 36.4 Å². The van der Waals surface area contributed by atoms with Crippen molar-refractivity contribution < 1.29 is 18.9 Å². The molecule has 1 atom stereocenters. The number of hydrogen-bond acceptors (Lipinski definition) is 4. The van der Waals surface area contributed by atoms with E-state index in [0.29, 0.717) is 0 Å². The van der Waals surface area contributed by atoms with Gasteiger partial charge in [0.05, 0.1) is 0 Å². The third-order valence-corrected chi connectivity index (χ3v) is 5.06. The molecule has 1 aromatic carbocycles. The number of methoxy groups -OCH3 is 4. The summed E-state index contributed by atoms with van der Waals surface area (Å²) in [5.41, 5.74) is 0.170. The van der Waals surface area contributed by atoms with Crippen molar-refractivity contribution in [3.8, 4) is 0 Å². The summed E-state index contributed by atoms with van der Waals surface area (Å²) in [5.74, 6) is -1.29. The highest BCUT2D eigenvalue weighted by Gasteiger charge is 2.55. The zero-order chi connectivity index (χ0) is 21.3. The van der Waals surface area contributed by atoms with Crippen LogP contribution in [0, 0.1) is 0 Å². The van der Waals surface area contributed by atoms with Crippen molar-refractivity contribution in [2.45, 2.75) is 76.8 Å². The van der Waals surface area contributed by atoms with Crippen molar-refractivity contribution >= 4 is 0 Å². The van der Waals surface area contributed by atoms with Crippen molar-refractivity contribution in [1.82, 2.24) is 0 Å². The number of rotatable bonds is 14. The molecule has 0 radical (unpaired) electrons. The van der Waals surface area contributed by atoms with E-state index in [-0.39, 0.29) is 0 Å². The van der Waals surface area contributed by atoms with Gasteiger partial charge in [0, 0.05) is 28.4 Å². The molecule has 0 saturated carbocycles. The van der Waals surface area contributed by atoms with E-state index in [2.05, 4.69) is 20.4 Å². The van der Waals surface area contributed by atoms with E-state index in [9.17, 15) is 0 Å². The number of hydrogen-bond donors (Lipinski definition) is 0. The molecule has 0 saturated heterocycles. The predicted octanol–water partition coefficient (Wildman–Crippen LogP) is 6.45. The molecular weight excluding hydrogens is 352 g/mol. The fraction of sp³-hybridized carbons (Fsp3) is 0.667. The van der Waals surface area contributed by atoms with Gasteiger partial charge in [0.1, 0.15) is 0 Å². The Hall–Kier alpha value is -1.20. The first-order chi connectivity index (χ1) is 13.6. The van der Waals surface area contributed by atoms with Crippen LogP contribution < -0.4 is 0 Å². The van der Waals surface area contributed by atoms with Crippen LogP contribution in [0.2, 0.25) is 0 Å². The average molecular weight is 395 g/mol.